The molecule has 2 atom stereocenters. The predicted molar refractivity (Wildman–Crippen MR) is 90.0 cm³/mol. The van der Waals surface area contributed by atoms with Crippen LogP contribution in [0.25, 0.3) is 0 Å². The molecule has 1 aliphatic carbocycles. The van der Waals surface area contributed by atoms with Crippen LogP contribution in [0.5, 0.6) is 0 Å². The third-order valence-electron chi connectivity index (χ3n) is 4.20. The van der Waals surface area contributed by atoms with Crippen molar-refractivity contribution in [1.82, 2.24) is 0 Å². The molecule has 1 N–H and O–H groups in total. The summed E-state index contributed by atoms with van der Waals surface area (Å²) >= 11 is 1.88. The van der Waals surface area contributed by atoms with E-state index in [4.69, 9.17) is 4.99 Å². The van der Waals surface area contributed by atoms with Crippen LogP contribution in [0.4, 0.5) is 11.4 Å². The minimum atomic E-state index is 0.560. The summed E-state index contributed by atoms with van der Waals surface area (Å²) in [5.41, 5.74) is 2.35. The maximum Gasteiger partial charge on any atom is 0.161 e. The van der Waals surface area contributed by atoms with Gasteiger partial charge in [-0.1, -0.05) is 30.7 Å². The summed E-state index contributed by atoms with van der Waals surface area (Å²) in [6, 6.07) is 9.07. The van der Waals surface area contributed by atoms with Crippen LogP contribution in [0.1, 0.15) is 25.7 Å². The molecule has 1 aliphatic heterocycles. The van der Waals surface area contributed by atoms with Crippen molar-refractivity contribution in [2.45, 2.75) is 31.7 Å². The van der Waals surface area contributed by atoms with Crippen LogP contribution < -0.4 is 10.2 Å². The summed E-state index contributed by atoms with van der Waals surface area (Å²) in [6.45, 7) is 0. The lowest BCUT2D eigenvalue weighted by Gasteiger charge is -2.32. The van der Waals surface area contributed by atoms with Gasteiger partial charge in [0.05, 0.1) is 6.04 Å². The van der Waals surface area contributed by atoms with E-state index in [0.717, 1.165) is 16.8 Å². The second kappa shape index (κ2) is 6.08. The van der Waals surface area contributed by atoms with Crippen molar-refractivity contribution >= 4 is 28.3 Å². The molecule has 0 radical (unpaired) electrons. The minimum Gasteiger partial charge on any atom is -0.378 e. The number of hydrogen-bond acceptors (Lipinski definition) is 4. The highest BCUT2D eigenvalue weighted by molar-refractivity contribution is 8.14. The molecule has 1 aromatic rings. The van der Waals surface area contributed by atoms with Gasteiger partial charge >= 0.3 is 0 Å². The average molecular weight is 289 g/mol. The standard InChI is InChI=1S/C16H23N3S/c1-19(2)14-8-5-7-13(10-14)17-16-18-15-9-4-3-6-12(15)11-20-16/h5,7-8,10,12,15H,3-4,6,9,11H2,1-2H3,(H,17,18). The summed E-state index contributed by atoms with van der Waals surface area (Å²) in [6.07, 6.45) is 5.38. The molecule has 3 nitrogen and oxygen atoms in total. The number of thioether (sulfide) groups is 1. The molecule has 1 aromatic carbocycles. The molecule has 2 unspecified atom stereocenters. The van der Waals surface area contributed by atoms with Crippen LogP contribution in [0.3, 0.4) is 0 Å². The number of amidine groups is 1. The Labute approximate surface area is 125 Å². The number of benzene rings is 1. The van der Waals surface area contributed by atoms with Crippen molar-refractivity contribution in [3.63, 3.8) is 0 Å². The average Bonchev–Trinajstić information content (AvgIpc) is 2.47. The van der Waals surface area contributed by atoms with Crippen molar-refractivity contribution in [3.8, 4) is 0 Å². The Morgan fingerprint density at radius 3 is 2.95 bits per heavy atom. The molecule has 0 saturated heterocycles. The van der Waals surface area contributed by atoms with Gasteiger partial charge in [-0.2, -0.15) is 0 Å². The smallest absolute Gasteiger partial charge is 0.161 e. The third kappa shape index (κ3) is 3.11. The molecule has 0 spiro atoms. The van der Waals surface area contributed by atoms with Crippen molar-refractivity contribution in [3.05, 3.63) is 24.3 Å². The van der Waals surface area contributed by atoms with Crippen LogP contribution in [0, 0.1) is 5.92 Å². The monoisotopic (exact) mass is 289 g/mol. The Balaban J connectivity index is 1.71. The van der Waals surface area contributed by atoms with Gasteiger partial charge in [0.2, 0.25) is 0 Å². The molecule has 1 heterocycles. The third-order valence-corrected chi connectivity index (χ3v) is 5.28. The topological polar surface area (TPSA) is 27.6 Å². The largest absolute Gasteiger partial charge is 0.378 e. The first-order valence-electron chi connectivity index (χ1n) is 7.47. The zero-order valence-electron chi connectivity index (χ0n) is 12.3. The van der Waals surface area contributed by atoms with Crippen molar-refractivity contribution in [2.75, 3.05) is 30.1 Å². The Morgan fingerprint density at radius 2 is 2.10 bits per heavy atom. The van der Waals surface area contributed by atoms with E-state index >= 15 is 0 Å². The maximum atomic E-state index is 4.93. The Bertz CT molecular complexity index is 498. The normalized spacial score (nSPS) is 25.6. The highest BCUT2D eigenvalue weighted by atomic mass is 32.2. The van der Waals surface area contributed by atoms with Gasteiger partial charge in [-0.05, 0) is 37.0 Å². The van der Waals surface area contributed by atoms with Gasteiger partial charge in [0, 0.05) is 31.2 Å². The number of nitrogens with zero attached hydrogens (tertiary/aromatic N) is 2. The van der Waals surface area contributed by atoms with E-state index < -0.39 is 0 Å². The fraction of sp³-hybridized carbons (Fsp3) is 0.562. The van der Waals surface area contributed by atoms with Crippen molar-refractivity contribution in [1.29, 1.82) is 0 Å². The lowest BCUT2D eigenvalue weighted by atomic mass is 9.86. The molecule has 20 heavy (non-hydrogen) atoms. The molecule has 1 saturated carbocycles. The van der Waals surface area contributed by atoms with Gasteiger partial charge < -0.3 is 10.2 Å². The van der Waals surface area contributed by atoms with Crippen LogP contribution in [-0.2, 0) is 0 Å². The van der Waals surface area contributed by atoms with Gasteiger partial charge in [-0.3, -0.25) is 4.99 Å². The molecular formula is C16H23N3S. The number of fused-ring (bicyclic) bond motifs is 1. The van der Waals surface area contributed by atoms with Crippen molar-refractivity contribution in [2.24, 2.45) is 10.9 Å². The zero-order valence-corrected chi connectivity index (χ0v) is 13.1. The lowest BCUT2D eigenvalue weighted by molar-refractivity contribution is 0.336. The second-order valence-electron chi connectivity index (χ2n) is 5.93. The minimum absolute atomic E-state index is 0.560. The molecule has 0 aromatic heterocycles. The number of rotatable bonds is 2. The predicted octanol–water partition coefficient (Wildman–Crippen LogP) is 3.83. The van der Waals surface area contributed by atoms with Crippen LogP contribution in [0.15, 0.2) is 29.3 Å². The first-order chi connectivity index (χ1) is 9.72. The molecule has 4 heteroatoms. The molecule has 0 amide bonds. The summed E-state index contributed by atoms with van der Waals surface area (Å²) in [5.74, 6) is 2.04. The first-order valence-corrected chi connectivity index (χ1v) is 8.46. The van der Waals surface area contributed by atoms with E-state index in [1.807, 2.05) is 11.8 Å². The SMILES string of the molecule is CN(C)c1cccc(NC2=NC3CCCCC3CS2)c1. The summed E-state index contributed by atoms with van der Waals surface area (Å²) in [7, 11) is 4.14. The molecule has 0 bridgehead atoms. The molecular weight excluding hydrogens is 266 g/mol. The van der Waals surface area contributed by atoms with E-state index in [9.17, 15) is 0 Å². The van der Waals surface area contributed by atoms with Gasteiger partial charge in [0.1, 0.15) is 0 Å². The number of aliphatic imine (C=N–C) groups is 1. The number of anilines is 2. The van der Waals surface area contributed by atoms with E-state index in [1.54, 1.807) is 0 Å². The van der Waals surface area contributed by atoms with E-state index in [2.05, 4.69) is 48.6 Å². The quantitative estimate of drug-likeness (QED) is 0.897. The lowest BCUT2D eigenvalue weighted by Crippen LogP contribution is -2.31. The van der Waals surface area contributed by atoms with Gasteiger partial charge in [-0.25, -0.2) is 0 Å². The molecule has 108 valence electrons. The van der Waals surface area contributed by atoms with E-state index in [-0.39, 0.29) is 0 Å². The highest BCUT2D eigenvalue weighted by Crippen LogP contribution is 2.34. The van der Waals surface area contributed by atoms with Crippen LogP contribution in [0.2, 0.25) is 0 Å². The Morgan fingerprint density at radius 1 is 1.25 bits per heavy atom. The summed E-state index contributed by atoms with van der Waals surface area (Å²) in [4.78, 5) is 7.05. The first kappa shape index (κ1) is 13.8. The zero-order chi connectivity index (χ0) is 13.9. The van der Waals surface area contributed by atoms with Crippen molar-refractivity contribution < 1.29 is 0 Å². The summed E-state index contributed by atoms with van der Waals surface area (Å²) in [5, 5.41) is 4.60. The van der Waals surface area contributed by atoms with Gasteiger partial charge in [0.25, 0.3) is 0 Å². The van der Waals surface area contributed by atoms with Gasteiger partial charge in [0.15, 0.2) is 5.17 Å². The Kier molecular flexibility index (Phi) is 4.20. The highest BCUT2D eigenvalue weighted by Gasteiger charge is 2.29. The molecule has 1 fully saturated rings. The second-order valence-corrected chi connectivity index (χ2v) is 6.94. The Hall–Kier alpha value is -1.16. The number of nitrogens with one attached hydrogen (secondary N) is 1. The van der Waals surface area contributed by atoms with Crippen LogP contribution >= 0.6 is 11.8 Å². The van der Waals surface area contributed by atoms with Crippen LogP contribution in [-0.4, -0.2) is 31.1 Å². The fourth-order valence-electron chi connectivity index (χ4n) is 2.98. The van der Waals surface area contributed by atoms with Gasteiger partial charge in [-0.15, -0.1) is 0 Å². The molecule has 3 rings (SSSR count). The maximum absolute atomic E-state index is 4.93. The van der Waals surface area contributed by atoms with E-state index in [1.165, 1.54) is 37.1 Å². The summed E-state index contributed by atoms with van der Waals surface area (Å²) < 4.78 is 0. The van der Waals surface area contributed by atoms with E-state index in [0.29, 0.717) is 6.04 Å². The number of hydrogen-bond donors (Lipinski definition) is 1. The molecule has 2 aliphatic rings. The fourth-order valence-corrected chi connectivity index (χ4v) is 4.14.